The first-order chi connectivity index (χ1) is 13.1. The van der Waals surface area contributed by atoms with Crippen molar-refractivity contribution in [3.63, 3.8) is 0 Å². The number of aryl methyl sites for hydroxylation is 1. The van der Waals surface area contributed by atoms with Gasteiger partial charge in [0, 0.05) is 29.0 Å². The minimum Gasteiger partial charge on any atom is -0.348 e. The Morgan fingerprint density at radius 3 is 2.63 bits per heavy atom. The van der Waals surface area contributed by atoms with Gasteiger partial charge in [0.05, 0.1) is 0 Å². The van der Waals surface area contributed by atoms with Crippen LogP contribution in [0.5, 0.6) is 0 Å². The van der Waals surface area contributed by atoms with Crippen LogP contribution < -0.4 is 5.32 Å². The van der Waals surface area contributed by atoms with Crippen LogP contribution in [-0.4, -0.2) is 20.4 Å². The maximum absolute atomic E-state index is 12.4. The third-order valence-corrected chi connectivity index (χ3v) is 4.74. The Hall–Kier alpha value is -3.18. The smallest absolute Gasteiger partial charge is 0.251 e. The fourth-order valence-electron chi connectivity index (χ4n) is 3.02. The summed E-state index contributed by atoms with van der Waals surface area (Å²) in [6.07, 6.45) is 1.75. The van der Waals surface area contributed by atoms with Crippen LogP contribution in [0.15, 0.2) is 66.9 Å². The van der Waals surface area contributed by atoms with Crippen molar-refractivity contribution in [3.05, 3.63) is 88.8 Å². The van der Waals surface area contributed by atoms with Crippen molar-refractivity contribution >= 4 is 28.7 Å². The number of halogens is 1. The Bertz CT molecular complexity index is 1120. The second-order valence-electron chi connectivity index (χ2n) is 6.16. The molecule has 6 heteroatoms. The van der Waals surface area contributed by atoms with Gasteiger partial charge >= 0.3 is 0 Å². The number of nitrogens with zero attached hydrogens (tertiary/aromatic N) is 3. The molecule has 0 aliphatic carbocycles. The molecular weight excluding hydrogens is 360 g/mol. The maximum atomic E-state index is 12.4. The average molecular weight is 377 g/mol. The lowest BCUT2D eigenvalue weighted by Crippen LogP contribution is -2.22. The van der Waals surface area contributed by atoms with Gasteiger partial charge in [0.1, 0.15) is 11.3 Å². The van der Waals surface area contributed by atoms with Crippen molar-refractivity contribution in [3.8, 4) is 5.69 Å². The number of nitrogens with one attached hydrogen (secondary N) is 1. The second kappa shape index (κ2) is 7.21. The van der Waals surface area contributed by atoms with E-state index < -0.39 is 0 Å². The zero-order valence-electron chi connectivity index (χ0n) is 14.7. The lowest BCUT2D eigenvalue weighted by Gasteiger charge is -2.09. The van der Waals surface area contributed by atoms with Crippen molar-refractivity contribution < 1.29 is 4.79 Å². The molecule has 2 aromatic heterocycles. The highest BCUT2D eigenvalue weighted by Gasteiger charge is 2.11. The summed E-state index contributed by atoms with van der Waals surface area (Å²) >= 11 is 6.13. The number of fused-ring (bicyclic) bond motifs is 1. The standard InChI is InChI=1S/C21H17ClN4O/c1-14-25-19-7-4-12-23-20(19)26(14)17-10-8-15(9-11-17)21(27)24-13-16-5-2-3-6-18(16)22/h2-12H,13H2,1H3,(H,24,27). The van der Waals surface area contributed by atoms with E-state index in [1.807, 2.05) is 60.0 Å². The highest BCUT2D eigenvalue weighted by molar-refractivity contribution is 6.31. The quantitative estimate of drug-likeness (QED) is 0.577. The van der Waals surface area contributed by atoms with Crippen LogP contribution in [0.25, 0.3) is 16.9 Å². The minimum atomic E-state index is -0.146. The molecule has 0 aliphatic rings. The van der Waals surface area contributed by atoms with E-state index in [2.05, 4.69) is 15.3 Å². The van der Waals surface area contributed by atoms with E-state index in [-0.39, 0.29) is 5.91 Å². The second-order valence-corrected chi connectivity index (χ2v) is 6.57. The summed E-state index contributed by atoms with van der Waals surface area (Å²) in [4.78, 5) is 21.4. The Kier molecular flexibility index (Phi) is 4.60. The Morgan fingerprint density at radius 2 is 1.85 bits per heavy atom. The fraction of sp³-hybridized carbons (Fsp3) is 0.0952. The number of carbonyl (C=O) groups is 1. The number of hydrogen-bond acceptors (Lipinski definition) is 3. The minimum absolute atomic E-state index is 0.146. The Morgan fingerprint density at radius 1 is 1.07 bits per heavy atom. The molecule has 2 aromatic carbocycles. The molecule has 27 heavy (non-hydrogen) atoms. The van der Waals surface area contributed by atoms with Crippen LogP contribution in [0.1, 0.15) is 21.7 Å². The molecule has 0 saturated carbocycles. The molecule has 1 N–H and O–H groups in total. The van der Waals surface area contributed by atoms with Crippen LogP contribution in [0.3, 0.4) is 0 Å². The van der Waals surface area contributed by atoms with E-state index in [1.165, 1.54) is 0 Å². The van der Waals surface area contributed by atoms with E-state index in [0.717, 1.165) is 28.2 Å². The number of imidazole rings is 1. The number of rotatable bonds is 4. The van der Waals surface area contributed by atoms with Crippen molar-refractivity contribution in [2.75, 3.05) is 0 Å². The molecule has 5 nitrogen and oxygen atoms in total. The molecule has 0 radical (unpaired) electrons. The van der Waals surface area contributed by atoms with Crippen molar-refractivity contribution in [2.24, 2.45) is 0 Å². The van der Waals surface area contributed by atoms with E-state index in [4.69, 9.17) is 11.6 Å². The molecule has 134 valence electrons. The van der Waals surface area contributed by atoms with Gasteiger partial charge in [-0.05, 0) is 55.0 Å². The molecule has 0 fully saturated rings. The molecule has 4 rings (SSSR count). The SMILES string of the molecule is Cc1nc2cccnc2n1-c1ccc(C(=O)NCc2ccccc2Cl)cc1. The van der Waals surface area contributed by atoms with E-state index >= 15 is 0 Å². The highest BCUT2D eigenvalue weighted by Crippen LogP contribution is 2.20. The predicted octanol–water partition coefficient (Wildman–Crippen LogP) is 4.31. The van der Waals surface area contributed by atoms with Gasteiger partial charge in [-0.3, -0.25) is 9.36 Å². The monoisotopic (exact) mass is 376 g/mol. The average Bonchev–Trinajstić information content (AvgIpc) is 3.03. The van der Waals surface area contributed by atoms with Crippen molar-refractivity contribution in [2.45, 2.75) is 13.5 Å². The molecule has 0 saturated heterocycles. The van der Waals surface area contributed by atoms with E-state index in [0.29, 0.717) is 17.1 Å². The summed E-state index contributed by atoms with van der Waals surface area (Å²) in [5.74, 6) is 0.700. The van der Waals surface area contributed by atoms with Crippen LogP contribution >= 0.6 is 11.6 Å². The molecule has 0 unspecified atom stereocenters. The van der Waals surface area contributed by atoms with Gasteiger partial charge in [0.2, 0.25) is 0 Å². The molecule has 0 spiro atoms. The molecule has 2 heterocycles. The summed E-state index contributed by atoms with van der Waals surface area (Å²) < 4.78 is 1.97. The lowest BCUT2D eigenvalue weighted by molar-refractivity contribution is 0.0951. The summed E-state index contributed by atoms with van der Waals surface area (Å²) in [5.41, 5.74) is 4.02. The zero-order valence-corrected chi connectivity index (χ0v) is 15.4. The van der Waals surface area contributed by atoms with Crippen molar-refractivity contribution in [1.82, 2.24) is 19.9 Å². The first-order valence-corrected chi connectivity index (χ1v) is 8.93. The summed E-state index contributed by atoms with van der Waals surface area (Å²) in [6.45, 7) is 2.32. The third-order valence-electron chi connectivity index (χ3n) is 4.37. The fourth-order valence-corrected chi connectivity index (χ4v) is 3.22. The molecule has 0 bridgehead atoms. The number of aromatic nitrogens is 3. The summed E-state index contributed by atoms with van der Waals surface area (Å²) in [6, 6.07) is 18.7. The number of carbonyl (C=O) groups excluding carboxylic acids is 1. The molecule has 0 aliphatic heterocycles. The number of amides is 1. The van der Waals surface area contributed by atoms with Gasteiger partial charge in [0.25, 0.3) is 5.91 Å². The number of benzene rings is 2. The van der Waals surface area contributed by atoms with Gasteiger partial charge < -0.3 is 5.32 Å². The lowest BCUT2D eigenvalue weighted by atomic mass is 10.1. The van der Waals surface area contributed by atoms with Gasteiger partial charge in [-0.15, -0.1) is 0 Å². The summed E-state index contributed by atoms with van der Waals surface area (Å²) in [5, 5.41) is 3.54. The van der Waals surface area contributed by atoms with Gasteiger partial charge in [-0.2, -0.15) is 0 Å². The van der Waals surface area contributed by atoms with Gasteiger partial charge in [0.15, 0.2) is 5.65 Å². The van der Waals surface area contributed by atoms with E-state index in [9.17, 15) is 4.79 Å². The van der Waals surface area contributed by atoms with Crippen LogP contribution in [0.4, 0.5) is 0 Å². The molecule has 0 atom stereocenters. The normalized spacial score (nSPS) is 10.9. The molecule has 1 amide bonds. The molecular formula is C21H17ClN4O. The maximum Gasteiger partial charge on any atom is 0.251 e. The third kappa shape index (κ3) is 3.41. The van der Waals surface area contributed by atoms with Crippen LogP contribution in [0, 0.1) is 6.92 Å². The summed E-state index contributed by atoms with van der Waals surface area (Å²) in [7, 11) is 0. The highest BCUT2D eigenvalue weighted by atomic mass is 35.5. The Labute approximate surface area is 161 Å². The zero-order chi connectivity index (χ0) is 18.8. The topological polar surface area (TPSA) is 59.8 Å². The number of hydrogen-bond donors (Lipinski definition) is 1. The number of pyridine rings is 1. The van der Waals surface area contributed by atoms with Gasteiger partial charge in [-0.25, -0.2) is 9.97 Å². The van der Waals surface area contributed by atoms with Crippen LogP contribution in [0.2, 0.25) is 5.02 Å². The van der Waals surface area contributed by atoms with Gasteiger partial charge in [-0.1, -0.05) is 29.8 Å². The van der Waals surface area contributed by atoms with Crippen molar-refractivity contribution in [1.29, 1.82) is 0 Å². The predicted molar refractivity (Wildman–Crippen MR) is 106 cm³/mol. The first-order valence-electron chi connectivity index (χ1n) is 8.55. The van der Waals surface area contributed by atoms with E-state index in [1.54, 1.807) is 18.3 Å². The molecule has 4 aromatic rings. The first kappa shape index (κ1) is 17.2. The largest absolute Gasteiger partial charge is 0.348 e. The Balaban J connectivity index is 1.54. The van der Waals surface area contributed by atoms with Crippen LogP contribution in [-0.2, 0) is 6.54 Å².